The van der Waals surface area contributed by atoms with E-state index in [2.05, 4.69) is 20.4 Å². The van der Waals surface area contributed by atoms with Gasteiger partial charge in [-0.15, -0.1) is 0 Å². The Morgan fingerprint density at radius 2 is 1.76 bits per heavy atom. The van der Waals surface area contributed by atoms with Gasteiger partial charge in [-0.1, -0.05) is 0 Å². The Bertz CT molecular complexity index is 1040. The van der Waals surface area contributed by atoms with Gasteiger partial charge in [0.1, 0.15) is 22.9 Å². The number of rotatable bonds is 5. The van der Waals surface area contributed by atoms with Gasteiger partial charge in [-0.3, -0.25) is 0 Å². The maximum atomic E-state index is 13.9. The van der Waals surface area contributed by atoms with Crippen LogP contribution in [0.15, 0.2) is 30.6 Å². The third-order valence-corrected chi connectivity index (χ3v) is 5.23. The average molecular weight is 396 g/mol. The van der Waals surface area contributed by atoms with Crippen molar-refractivity contribution in [3.05, 3.63) is 36.4 Å². The van der Waals surface area contributed by atoms with E-state index in [4.69, 9.17) is 14.7 Å². The number of phenolic OH excluding ortho intramolecular Hbond substituents is 1. The van der Waals surface area contributed by atoms with E-state index in [1.807, 2.05) is 0 Å². The maximum absolute atomic E-state index is 13.9. The van der Waals surface area contributed by atoms with Crippen LogP contribution in [0.5, 0.6) is 11.5 Å². The Hall–Kier alpha value is -3.23. The van der Waals surface area contributed by atoms with Crippen molar-refractivity contribution in [2.75, 3.05) is 23.3 Å². The number of hydrogen-bond acceptors (Lipinski definition) is 8. The summed E-state index contributed by atoms with van der Waals surface area (Å²) in [7, 11) is 0. The summed E-state index contributed by atoms with van der Waals surface area (Å²) in [6.07, 6.45) is 6.90. The van der Waals surface area contributed by atoms with Crippen molar-refractivity contribution in [1.29, 1.82) is 0 Å². The zero-order valence-electron chi connectivity index (χ0n) is 15.8. The molecule has 29 heavy (non-hydrogen) atoms. The van der Waals surface area contributed by atoms with Gasteiger partial charge < -0.3 is 20.1 Å². The van der Waals surface area contributed by atoms with Crippen LogP contribution in [0.4, 0.5) is 16.0 Å². The lowest BCUT2D eigenvalue weighted by molar-refractivity contribution is 0.163. The normalized spacial score (nSPS) is 17.5. The van der Waals surface area contributed by atoms with Crippen molar-refractivity contribution in [2.45, 2.75) is 37.8 Å². The summed E-state index contributed by atoms with van der Waals surface area (Å²) < 4.78 is 19.8. The molecule has 1 aliphatic heterocycles. The highest BCUT2D eigenvalue weighted by Gasteiger charge is 2.28. The SMILES string of the molecule is Oc1ccc(OC2CCN(c3nc4cnncc4nc3NC3CC3)CC2)c(F)c1. The molecule has 9 heteroatoms. The predicted octanol–water partition coefficient (Wildman–Crippen LogP) is 2.89. The monoisotopic (exact) mass is 396 g/mol. The molecule has 3 heterocycles. The first kappa shape index (κ1) is 17.8. The lowest BCUT2D eigenvalue weighted by Crippen LogP contribution is -2.39. The minimum Gasteiger partial charge on any atom is -0.508 e. The summed E-state index contributed by atoms with van der Waals surface area (Å²) in [4.78, 5) is 11.7. The van der Waals surface area contributed by atoms with E-state index in [1.165, 1.54) is 12.1 Å². The molecule has 2 fully saturated rings. The molecule has 1 aromatic carbocycles. The molecule has 0 bridgehead atoms. The summed E-state index contributed by atoms with van der Waals surface area (Å²) in [5.74, 6) is 1.09. The molecule has 1 saturated carbocycles. The van der Waals surface area contributed by atoms with Gasteiger partial charge in [-0.2, -0.15) is 10.2 Å². The Balaban J connectivity index is 1.32. The van der Waals surface area contributed by atoms with Gasteiger partial charge in [0, 0.05) is 38.0 Å². The Kier molecular flexibility index (Phi) is 4.49. The van der Waals surface area contributed by atoms with E-state index in [0.29, 0.717) is 17.1 Å². The number of benzene rings is 1. The van der Waals surface area contributed by atoms with Crippen LogP contribution < -0.4 is 15.0 Å². The van der Waals surface area contributed by atoms with Gasteiger partial charge >= 0.3 is 0 Å². The van der Waals surface area contributed by atoms with Crippen molar-refractivity contribution >= 4 is 22.7 Å². The van der Waals surface area contributed by atoms with Gasteiger partial charge in [-0.25, -0.2) is 14.4 Å². The van der Waals surface area contributed by atoms with Crippen LogP contribution in [-0.4, -0.2) is 50.5 Å². The van der Waals surface area contributed by atoms with Crippen molar-refractivity contribution in [2.24, 2.45) is 0 Å². The molecule has 2 aliphatic rings. The first-order valence-corrected chi connectivity index (χ1v) is 9.81. The Morgan fingerprint density at radius 1 is 1.03 bits per heavy atom. The molecule has 0 amide bonds. The van der Waals surface area contributed by atoms with Crippen molar-refractivity contribution < 1.29 is 14.2 Å². The van der Waals surface area contributed by atoms with Gasteiger partial charge in [-0.05, 0) is 25.0 Å². The standard InChI is InChI=1S/C20H21FN6O2/c21-15-9-13(28)3-4-18(15)29-14-5-7-27(8-6-14)20-19(24-12-1-2-12)25-16-10-22-23-11-17(16)26-20/h3-4,9-12,14,28H,1-2,5-8H2,(H,24,25). The zero-order valence-corrected chi connectivity index (χ0v) is 15.8. The molecule has 1 saturated heterocycles. The fourth-order valence-electron chi connectivity index (χ4n) is 3.51. The van der Waals surface area contributed by atoms with Crippen LogP contribution in [0.3, 0.4) is 0 Å². The molecule has 0 unspecified atom stereocenters. The number of anilines is 2. The van der Waals surface area contributed by atoms with Crippen molar-refractivity contribution in [3.8, 4) is 11.5 Å². The van der Waals surface area contributed by atoms with Gasteiger partial charge in [0.2, 0.25) is 0 Å². The number of phenols is 1. The average Bonchev–Trinajstić information content (AvgIpc) is 3.54. The molecule has 0 radical (unpaired) electrons. The second-order valence-electron chi connectivity index (χ2n) is 7.49. The number of piperidine rings is 1. The molecular formula is C20H21FN6O2. The molecule has 5 rings (SSSR count). The molecule has 150 valence electrons. The van der Waals surface area contributed by atoms with E-state index in [0.717, 1.165) is 56.5 Å². The summed E-state index contributed by atoms with van der Waals surface area (Å²) in [6.45, 7) is 1.45. The van der Waals surface area contributed by atoms with Crippen LogP contribution in [0, 0.1) is 5.82 Å². The number of ether oxygens (including phenoxy) is 1. The highest BCUT2D eigenvalue weighted by atomic mass is 19.1. The Labute approximate surface area is 166 Å². The van der Waals surface area contributed by atoms with Crippen LogP contribution >= 0.6 is 0 Å². The minimum absolute atomic E-state index is 0.0931. The van der Waals surface area contributed by atoms with Crippen LogP contribution in [0.2, 0.25) is 0 Å². The lowest BCUT2D eigenvalue weighted by atomic mass is 10.1. The molecule has 2 aromatic heterocycles. The smallest absolute Gasteiger partial charge is 0.172 e. The molecule has 1 aliphatic carbocycles. The molecule has 8 nitrogen and oxygen atoms in total. The second-order valence-corrected chi connectivity index (χ2v) is 7.49. The fraction of sp³-hybridized carbons (Fsp3) is 0.400. The molecule has 0 atom stereocenters. The second kappa shape index (κ2) is 7.31. The van der Waals surface area contributed by atoms with Crippen molar-refractivity contribution in [1.82, 2.24) is 20.2 Å². The van der Waals surface area contributed by atoms with E-state index >= 15 is 0 Å². The first-order valence-electron chi connectivity index (χ1n) is 9.81. The molecule has 0 spiro atoms. The Morgan fingerprint density at radius 3 is 2.45 bits per heavy atom. The van der Waals surface area contributed by atoms with Gasteiger partial charge in [0.25, 0.3) is 0 Å². The van der Waals surface area contributed by atoms with E-state index in [-0.39, 0.29) is 17.6 Å². The van der Waals surface area contributed by atoms with Crippen LogP contribution in [-0.2, 0) is 0 Å². The number of aromatic nitrogens is 4. The third kappa shape index (κ3) is 3.85. The highest BCUT2D eigenvalue weighted by Crippen LogP contribution is 2.32. The predicted molar refractivity (Wildman–Crippen MR) is 106 cm³/mol. The van der Waals surface area contributed by atoms with Gasteiger partial charge in [0.05, 0.1) is 12.4 Å². The summed E-state index contributed by atoms with van der Waals surface area (Å²) in [5.41, 5.74) is 1.42. The minimum atomic E-state index is -0.551. The summed E-state index contributed by atoms with van der Waals surface area (Å²) in [5, 5.41) is 20.6. The number of nitrogens with one attached hydrogen (secondary N) is 1. The number of nitrogens with zero attached hydrogens (tertiary/aromatic N) is 5. The first-order chi connectivity index (χ1) is 14.2. The third-order valence-electron chi connectivity index (χ3n) is 5.23. The van der Waals surface area contributed by atoms with Crippen LogP contribution in [0.1, 0.15) is 25.7 Å². The number of halogens is 1. The highest BCUT2D eigenvalue weighted by molar-refractivity contribution is 5.79. The summed E-state index contributed by atoms with van der Waals surface area (Å²) in [6, 6.07) is 4.41. The number of fused-ring (bicyclic) bond motifs is 1. The van der Waals surface area contributed by atoms with Crippen molar-refractivity contribution in [3.63, 3.8) is 0 Å². The van der Waals surface area contributed by atoms with E-state index < -0.39 is 5.82 Å². The lowest BCUT2D eigenvalue weighted by Gasteiger charge is -2.33. The quantitative estimate of drug-likeness (QED) is 0.680. The zero-order chi connectivity index (χ0) is 19.8. The summed E-state index contributed by atoms with van der Waals surface area (Å²) >= 11 is 0. The largest absolute Gasteiger partial charge is 0.508 e. The fourth-order valence-corrected chi connectivity index (χ4v) is 3.51. The maximum Gasteiger partial charge on any atom is 0.172 e. The molecular weight excluding hydrogens is 375 g/mol. The number of hydrogen-bond donors (Lipinski definition) is 2. The molecule has 3 aromatic rings. The van der Waals surface area contributed by atoms with E-state index in [9.17, 15) is 9.50 Å². The topological polar surface area (TPSA) is 96.3 Å². The van der Waals surface area contributed by atoms with Gasteiger partial charge in [0.15, 0.2) is 23.2 Å². The van der Waals surface area contributed by atoms with E-state index in [1.54, 1.807) is 12.4 Å². The number of aromatic hydroxyl groups is 1. The van der Waals surface area contributed by atoms with Crippen LogP contribution in [0.25, 0.3) is 11.0 Å². The molecule has 2 N–H and O–H groups in total.